The third-order valence-corrected chi connectivity index (χ3v) is 3.85. The van der Waals surface area contributed by atoms with Crippen molar-refractivity contribution in [1.29, 1.82) is 0 Å². The summed E-state index contributed by atoms with van der Waals surface area (Å²) in [6.45, 7) is 7.04. The van der Waals surface area contributed by atoms with Crippen LogP contribution in [0.4, 0.5) is 0 Å². The molecule has 0 saturated carbocycles. The summed E-state index contributed by atoms with van der Waals surface area (Å²) in [5.41, 5.74) is 0.643. The number of ether oxygens (including phenoxy) is 1. The smallest absolute Gasteiger partial charge is 0.251 e. The quantitative estimate of drug-likeness (QED) is 0.817. The highest BCUT2D eigenvalue weighted by atomic mass is 16.5. The van der Waals surface area contributed by atoms with Crippen LogP contribution < -0.4 is 10.1 Å². The van der Waals surface area contributed by atoms with Gasteiger partial charge in [0, 0.05) is 12.1 Å². The number of hydrogen-bond acceptors (Lipinski definition) is 3. The zero-order valence-electron chi connectivity index (χ0n) is 12.7. The van der Waals surface area contributed by atoms with Crippen molar-refractivity contribution in [2.24, 2.45) is 5.92 Å². The molecule has 2 rings (SSSR count). The molecule has 1 aliphatic rings. The van der Waals surface area contributed by atoms with Gasteiger partial charge in [0.25, 0.3) is 5.91 Å². The van der Waals surface area contributed by atoms with E-state index in [1.165, 1.54) is 0 Å². The van der Waals surface area contributed by atoms with Crippen LogP contribution in [0.15, 0.2) is 36.9 Å². The van der Waals surface area contributed by atoms with Gasteiger partial charge in [0.1, 0.15) is 12.4 Å². The maximum Gasteiger partial charge on any atom is 0.251 e. The summed E-state index contributed by atoms with van der Waals surface area (Å²) in [6.07, 6.45) is 3.99. The molecule has 21 heavy (non-hydrogen) atoms. The molecule has 1 aromatic rings. The van der Waals surface area contributed by atoms with Gasteiger partial charge in [-0.05, 0) is 57.1 Å². The van der Waals surface area contributed by atoms with Gasteiger partial charge in [-0.15, -0.1) is 0 Å². The lowest BCUT2D eigenvalue weighted by Gasteiger charge is -2.28. The first kappa shape index (κ1) is 15.6. The molecule has 1 amide bonds. The summed E-state index contributed by atoms with van der Waals surface area (Å²) in [4.78, 5) is 14.5. The minimum absolute atomic E-state index is 0.0296. The molecule has 0 atom stereocenters. The van der Waals surface area contributed by atoms with Crippen molar-refractivity contribution >= 4 is 5.91 Å². The predicted molar refractivity (Wildman–Crippen MR) is 84.7 cm³/mol. The predicted octanol–water partition coefficient (Wildman–Crippen LogP) is 2.32. The number of nitrogens with zero attached hydrogens (tertiary/aromatic N) is 1. The van der Waals surface area contributed by atoms with Gasteiger partial charge in [0.15, 0.2) is 0 Å². The summed E-state index contributed by atoms with van der Waals surface area (Å²) >= 11 is 0. The second kappa shape index (κ2) is 7.84. The maximum atomic E-state index is 12.2. The molecule has 1 aromatic carbocycles. The Bertz CT molecular complexity index is 479. The number of benzene rings is 1. The van der Waals surface area contributed by atoms with E-state index >= 15 is 0 Å². The largest absolute Gasteiger partial charge is 0.490 e. The highest BCUT2D eigenvalue weighted by Crippen LogP contribution is 2.16. The third-order valence-electron chi connectivity index (χ3n) is 3.85. The van der Waals surface area contributed by atoms with Crippen molar-refractivity contribution in [2.45, 2.75) is 12.8 Å². The molecular formula is C17H24N2O2. The monoisotopic (exact) mass is 288 g/mol. The number of nitrogens with one attached hydrogen (secondary N) is 1. The lowest BCUT2D eigenvalue weighted by molar-refractivity contribution is 0.0938. The molecule has 4 nitrogen and oxygen atoms in total. The van der Waals surface area contributed by atoms with Crippen LogP contribution in [-0.4, -0.2) is 44.1 Å². The first-order chi connectivity index (χ1) is 10.2. The van der Waals surface area contributed by atoms with Gasteiger partial charge in [-0.25, -0.2) is 0 Å². The molecule has 1 heterocycles. The number of hydrogen-bond donors (Lipinski definition) is 1. The van der Waals surface area contributed by atoms with Crippen molar-refractivity contribution in [3.63, 3.8) is 0 Å². The summed E-state index contributed by atoms with van der Waals surface area (Å²) < 4.78 is 5.45. The van der Waals surface area contributed by atoms with Crippen LogP contribution in [0.5, 0.6) is 5.75 Å². The van der Waals surface area contributed by atoms with Crippen LogP contribution in [0.3, 0.4) is 0 Å². The molecule has 114 valence electrons. The number of piperidine rings is 1. The van der Waals surface area contributed by atoms with Gasteiger partial charge < -0.3 is 15.0 Å². The minimum atomic E-state index is -0.0296. The van der Waals surface area contributed by atoms with Crippen molar-refractivity contribution in [1.82, 2.24) is 10.2 Å². The summed E-state index contributed by atoms with van der Waals surface area (Å²) in [7, 11) is 2.14. The van der Waals surface area contributed by atoms with E-state index in [0.29, 0.717) is 23.8 Å². The van der Waals surface area contributed by atoms with E-state index in [-0.39, 0.29) is 5.91 Å². The molecule has 1 aliphatic heterocycles. The second-order valence-corrected chi connectivity index (χ2v) is 5.58. The Labute approximate surface area is 126 Å². The van der Waals surface area contributed by atoms with Crippen LogP contribution in [-0.2, 0) is 0 Å². The molecular weight excluding hydrogens is 264 g/mol. The Morgan fingerprint density at radius 3 is 2.95 bits per heavy atom. The lowest BCUT2D eigenvalue weighted by atomic mass is 9.97. The van der Waals surface area contributed by atoms with Crippen molar-refractivity contribution in [3.8, 4) is 5.75 Å². The molecule has 1 fully saturated rings. The zero-order chi connectivity index (χ0) is 15.1. The van der Waals surface area contributed by atoms with E-state index in [2.05, 4.69) is 23.8 Å². The highest BCUT2D eigenvalue weighted by molar-refractivity contribution is 5.94. The van der Waals surface area contributed by atoms with E-state index in [1.54, 1.807) is 12.1 Å². The van der Waals surface area contributed by atoms with Gasteiger partial charge in [-0.3, -0.25) is 4.79 Å². The van der Waals surface area contributed by atoms with Crippen molar-refractivity contribution in [2.75, 3.05) is 33.3 Å². The standard InChI is InChI=1S/C17H24N2O2/c1-3-11-21-16-6-4-5-15(12-16)17(20)18-13-14-7-9-19(2)10-8-14/h3-6,12,14H,1,7-11,13H2,2H3,(H,18,20). The molecule has 0 bridgehead atoms. The van der Waals surface area contributed by atoms with Crippen LogP contribution in [0.2, 0.25) is 0 Å². The fourth-order valence-electron chi connectivity index (χ4n) is 2.49. The van der Waals surface area contributed by atoms with Crippen molar-refractivity contribution < 1.29 is 9.53 Å². The lowest BCUT2D eigenvalue weighted by Crippen LogP contribution is -2.36. The number of carbonyl (C=O) groups excluding carboxylic acids is 1. The van der Waals surface area contributed by atoms with Gasteiger partial charge in [-0.1, -0.05) is 18.7 Å². The van der Waals surface area contributed by atoms with E-state index < -0.39 is 0 Å². The van der Waals surface area contributed by atoms with E-state index in [4.69, 9.17) is 4.74 Å². The molecule has 4 heteroatoms. The average Bonchev–Trinajstić information content (AvgIpc) is 2.52. The molecule has 0 aliphatic carbocycles. The van der Waals surface area contributed by atoms with Gasteiger partial charge in [0.2, 0.25) is 0 Å². The molecule has 1 saturated heterocycles. The number of rotatable bonds is 6. The zero-order valence-corrected chi connectivity index (χ0v) is 12.7. The van der Waals surface area contributed by atoms with Crippen LogP contribution in [0.1, 0.15) is 23.2 Å². The molecule has 0 unspecified atom stereocenters. The van der Waals surface area contributed by atoms with Gasteiger partial charge >= 0.3 is 0 Å². The fourth-order valence-corrected chi connectivity index (χ4v) is 2.49. The summed E-state index contributed by atoms with van der Waals surface area (Å²) in [5.74, 6) is 1.25. The van der Waals surface area contributed by atoms with Crippen LogP contribution in [0, 0.1) is 5.92 Å². The van der Waals surface area contributed by atoms with E-state index in [1.807, 2.05) is 18.2 Å². The first-order valence-electron chi connectivity index (χ1n) is 7.49. The van der Waals surface area contributed by atoms with Crippen molar-refractivity contribution in [3.05, 3.63) is 42.5 Å². The normalized spacial score (nSPS) is 16.4. The van der Waals surface area contributed by atoms with E-state index in [9.17, 15) is 4.79 Å². The van der Waals surface area contributed by atoms with Crippen LogP contribution in [0.25, 0.3) is 0 Å². The Balaban J connectivity index is 1.83. The molecule has 1 N–H and O–H groups in total. The third kappa shape index (κ3) is 4.90. The summed E-state index contributed by atoms with van der Waals surface area (Å²) in [5, 5.41) is 3.03. The molecule has 0 radical (unpaired) electrons. The SMILES string of the molecule is C=CCOc1cccc(C(=O)NCC2CCN(C)CC2)c1. The van der Waals surface area contributed by atoms with E-state index in [0.717, 1.165) is 32.5 Å². The fraction of sp³-hybridized carbons (Fsp3) is 0.471. The average molecular weight is 288 g/mol. The first-order valence-corrected chi connectivity index (χ1v) is 7.49. The number of carbonyl (C=O) groups is 1. The summed E-state index contributed by atoms with van der Waals surface area (Å²) in [6, 6.07) is 7.26. The Morgan fingerprint density at radius 1 is 1.48 bits per heavy atom. The maximum absolute atomic E-state index is 12.2. The topological polar surface area (TPSA) is 41.6 Å². The Hall–Kier alpha value is -1.81. The second-order valence-electron chi connectivity index (χ2n) is 5.58. The highest BCUT2D eigenvalue weighted by Gasteiger charge is 2.17. The Morgan fingerprint density at radius 2 is 2.24 bits per heavy atom. The molecule has 0 aromatic heterocycles. The number of likely N-dealkylation sites (tertiary alicyclic amines) is 1. The Kier molecular flexibility index (Phi) is 5.81. The number of amides is 1. The molecule has 0 spiro atoms. The minimum Gasteiger partial charge on any atom is -0.490 e. The van der Waals surface area contributed by atoms with Gasteiger partial charge in [0.05, 0.1) is 0 Å². The van der Waals surface area contributed by atoms with Gasteiger partial charge in [-0.2, -0.15) is 0 Å². The van der Waals surface area contributed by atoms with Crippen LogP contribution >= 0.6 is 0 Å².